The van der Waals surface area contributed by atoms with Crippen molar-refractivity contribution in [2.24, 2.45) is 0 Å². The molecule has 2 amide bonds. The summed E-state index contributed by atoms with van der Waals surface area (Å²) >= 11 is 0. The van der Waals surface area contributed by atoms with Crippen LogP contribution in [0.15, 0.2) is 42.5 Å². The fourth-order valence-electron chi connectivity index (χ4n) is 3.48. The molecule has 0 saturated heterocycles. The minimum atomic E-state index is -0.513. The van der Waals surface area contributed by atoms with Crippen molar-refractivity contribution in [3.63, 3.8) is 0 Å². The first-order valence-electron chi connectivity index (χ1n) is 10.5. The third-order valence-corrected chi connectivity index (χ3v) is 5.21. The van der Waals surface area contributed by atoms with Gasteiger partial charge >= 0.3 is 0 Å². The lowest BCUT2D eigenvalue weighted by molar-refractivity contribution is -0.384. The Morgan fingerprint density at radius 1 is 1.18 bits per heavy atom. The lowest BCUT2D eigenvalue weighted by Crippen LogP contribution is -2.38. The molecule has 4 rings (SSSR count). The van der Waals surface area contributed by atoms with Crippen LogP contribution in [0.1, 0.15) is 23.1 Å². The van der Waals surface area contributed by atoms with Gasteiger partial charge in [-0.3, -0.25) is 19.7 Å². The molecule has 1 aliphatic heterocycles. The van der Waals surface area contributed by atoms with Crippen molar-refractivity contribution < 1.29 is 24.0 Å². The van der Waals surface area contributed by atoms with Crippen LogP contribution in [0.3, 0.4) is 0 Å². The van der Waals surface area contributed by atoms with Crippen LogP contribution < -0.4 is 14.8 Å². The maximum atomic E-state index is 13.1. The van der Waals surface area contributed by atoms with Crippen LogP contribution in [0, 0.1) is 17.0 Å². The van der Waals surface area contributed by atoms with Gasteiger partial charge in [0.15, 0.2) is 17.2 Å². The van der Waals surface area contributed by atoms with Gasteiger partial charge in [-0.25, -0.2) is 4.68 Å². The highest BCUT2D eigenvalue weighted by atomic mass is 16.6. The van der Waals surface area contributed by atoms with E-state index in [9.17, 15) is 19.7 Å². The Morgan fingerprint density at radius 2 is 1.94 bits per heavy atom. The first kappa shape index (κ1) is 22.7. The lowest BCUT2D eigenvalue weighted by Gasteiger charge is -2.21. The van der Waals surface area contributed by atoms with Crippen LogP contribution in [0.2, 0.25) is 0 Å². The number of aromatic nitrogens is 3. The molecule has 1 aromatic heterocycles. The topological polar surface area (TPSA) is 142 Å². The molecule has 2 heterocycles. The Balaban J connectivity index is 1.47. The number of fused-ring (bicyclic) bond motifs is 1. The van der Waals surface area contributed by atoms with E-state index in [0.29, 0.717) is 41.8 Å². The molecule has 176 valence electrons. The highest BCUT2D eigenvalue weighted by molar-refractivity contribution is 5.99. The largest absolute Gasteiger partial charge is 0.486 e. The van der Waals surface area contributed by atoms with Gasteiger partial charge in [0.25, 0.3) is 11.6 Å². The van der Waals surface area contributed by atoms with Crippen LogP contribution in [0.5, 0.6) is 11.5 Å². The van der Waals surface area contributed by atoms with Crippen LogP contribution in [-0.4, -0.2) is 62.9 Å². The minimum Gasteiger partial charge on any atom is -0.486 e. The van der Waals surface area contributed by atoms with E-state index in [-0.39, 0.29) is 24.5 Å². The second kappa shape index (κ2) is 9.57. The quantitative estimate of drug-likeness (QED) is 0.413. The number of carbonyl (C=O) groups excluding carboxylic acids is 2. The zero-order chi connectivity index (χ0) is 24.2. The molecule has 0 saturated carbocycles. The van der Waals surface area contributed by atoms with Gasteiger partial charge in [-0.05, 0) is 32.0 Å². The maximum Gasteiger partial charge on any atom is 0.276 e. The predicted octanol–water partition coefficient (Wildman–Crippen LogP) is 2.36. The van der Waals surface area contributed by atoms with E-state index in [2.05, 4.69) is 15.6 Å². The smallest absolute Gasteiger partial charge is 0.276 e. The van der Waals surface area contributed by atoms with Gasteiger partial charge in [-0.1, -0.05) is 11.3 Å². The Hall–Kier alpha value is -4.48. The first-order valence-corrected chi connectivity index (χ1v) is 10.5. The van der Waals surface area contributed by atoms with Crippen LogP contribution >= 0.6 is 0 Å². The van der Waals surface area contributed by atoms with Gasteiger partial charge in [0, 0.05) is 30.4 Å². The zero-order valence-corrected chi connectivity index (χ0v) is 18.6. The number of hydrogen-bond donors (Lipinski definition) is 1. The zero-order valence-electron chi connectivity index (χ0n) is 18.6. The van der Waals surface area contributed by atoms with E-state index in [1.807, 2.05) is 0 Å². The third-order valence-electron chi connectivity index (χ3n) is 5.21. The molecule has 3 aromatic rings. The Bertz CT molecular complexity index is 1260. The van der Waals surface area contributed by atoms with Crippen LogP contribution in [0.25, 0.3) is 5.69 Å². The summed E-state index contributed by atoms with van der Waals surface area (Å²) in [5.41, 5.74) is 1.27. The SMILES string of the molecule is CCN(CC(=O)Nc1ccc2c(c1)OCCO2)C(=O)c1nnn(-c2cccc([N+](=O)[O-])c2)c1C. The second-order valence-corrected chi connectivity index (χ2v) is 7.44. The Labute approximate surface area is 194 Å². The van der Waals surface area contributed by atoms with Gasteiger partial charge in [0.05, 0.1) is 16.3 Å². The summed E-state index contributed by atoms with van der Waals surface area (Å²) < 4.78 is 12.3. The number of nitrogens with zero attached hydrogens (tertiary/aromatic N) is 5. The number of non-ortho nitro benzene ring substituents is 1. The number of anilines is 1. The van der Waals surface area contributed by atoms with Crippen molar-refractivity contribution in [2.45, 2.75) is 13.8 Å². The summed E-state index contributed by atoms with van der Waals surface area (Å²) in [5.74, 6) is 0.280. The number of benzene rings is 2. The average Bonchev–Trinajstić information content (AvgIpc) is 3.23. The van der Waals surface area contributed by atoms with Crippen molar-refractivity contribution in [1.82, 2.24) is 19.9 Å². The van der Waals surface area contributed by atoms with E-state index in [4.69, 9.17) is 9.47 Å². The molecule has 0 atom stereocenters. The molecular formula is C22H22N6O6. The van der Waals surface area contributed by atoms with E-state index in [1.165, 1.54) is 27.8 Å². The molecule has 0 fully saturated rings. The van der Waals surface area contributed by atoms with Gasteiger partial charge in [0.2, 0.25) is 5.91 Å². The number of nitro benzene ring substituents is 1. The molecule has 0 radical (unpaired) electrons. The molecule has 12 heteroatoms. The fraction of sp³-hybridized carbons (Fsp3) is 0.273. The van der Waals surface area contributed by atoms with Crippen LogP contribution in [-0.2, 0) is 4.79 Å². The van der Waals surface area contributed by atoms with E-state index >= 15 is 0 Å². The normalized spacial score (nSPS) is 12.2. The van der Waals surface area contributed by atoms with E-state index < -0.39 is 16.7 Å². The molecule has 1 N–H and O–H groups in total. The molecule has 0 aliphatic carbocycles. The lowest BCUT2D eigenvalue weighted by atomic mass is 10.2. The summed E-state index contributed by atoms with van der Waals surface area (Å²) in [6.07, 6.45) is 0. The molecule has 12 nitrogen and oxygen atoms in total. The van der Waals surface area contributed by atoms with Crippen molar-refractivity contribution in [1.29, 1.82) is 0 Å². The van der Waals surface area contributed by atoms with Gasteiger partial charge < -0.3 is 19.7 Å². The second-order valence-electron chi connectivity index (χ2n) is 7.44. The third kappa shape index (κ3) is 4.65. The Kier molecular flexibility index (Phi) is 6.39. The van der Waals surface area contributed by atoms with Crippen molar-refractivity contribution >= 4 is 23.2 Å². The molecule has 0 unspecified atom stereocenters. The number of nitrogens with one attached hydrogen (secondary N) is 1. The molecular weight excluding hydrogens is 444 g/mol. The molecule has 34 heavy (non-hydrogen) atoms. The molecule has 0 bridgehead atoms. The summed E-state index contributed by atoms with van der Waals surface area (Å²) in [7, 11) is 0. The number of carbonyl (C=O) groups is 2. The summed E-state index contributed by atoms with van der Waals surface area (Å²) in [5, 5.41) is 21.8. The maximum absolute atomic E-state index is 13.1. The van der Waals surface area contributed by atoms with E-state index in [1.54, 1.807) is 38.1 Å². The highest BCUT2D eigenvalue weighted by Gasteiger charge is 2.24. The summed E-state index contributed by atoms with van der Waals surface area (Å²) in [6.45, 7) is 4.34. The number of likely N-dealkylation sites (N-methyl/N-ethyl adjacent to an activating group) is 1. The van der Waals surface area contributed by atoms with Crippen molar-refractivity contribution in [3.8, 4) is 17.2 Å². The highest BCUT2D eigenvalue weighted by Crippen LogP contribution is 2.32. The standard InChI is InChI=1S/C22H22N6O6/c1-3-26(13-20(29)23-15-7-8-18-19(11-15)34-10-9-33-18)22(30)21-14(2)27(25-24-21)16-5-4-6-17(12-16)28(31)32/h4-8,11-12H,3,9-10,13H2,1-2H3,(H,23,29). The predicted molar refractivity (Wildman–Crippen MR) is 120 cm³/mol. The molecule has 0 spiro atoms. The average molecular weight is 466 g/mol. The molecule has 1 aliphatic rings. The Morgan fingerprint density at radius 3 is 2.68 bits per heavy atom. The first-order chi connectivity index (χ1) is 16.4. The number of amides is 2. The van der Waals surface area contributed by atoms with E-state index in [0.717, 1.165) is 0 Å². The molecule has 2 aromatic carbocycles. The number of hydrogen-bond acceptors (Lipinski definition) is 8. The number of nitro groups is 1. The van der Waals surface area contributed by atoms with Crippen molar-refractivity contribution in [3.05, 3.63) is 64.0 Å². The summed E-state index contributed by atoms with van der Waals surface area (Å²) in [6, 6.07) is 10.9. The minimum absolute atomic E-state index is 0.0560. The number of ether oxygens (including phenoxy) is 2. The van der Waals surface area contributed by atoms with Gasteiger partial charge in [-0.15, -0.1) is 5.10 Å². The van der Waals surface area contributed by atoms with Gasteiger partial charge in [-0.2, -0.15) is 0 Å². The fourth-order valence-corrected chi connectivity index (χ4v) is 3.48. The monoisotopic (exact) mass is 466 g/mol. The van der Waals surface area contributed by atoms with Crippen molar-refractivity contribution in [2.75, 3.05) is 31.6 Å². The van der Waals surface area contributed by atoms with Crippen LogP contribution in [0.4, 0.5) is 11.4 Å². The summed E-state index contributed by atoms with van der Waals surface area (Å²) in [4.78, 5) is 37.6. The van der Waals surface area contributed by atoms with Gasteiger partial charge in [0.1, 0.15) is 19.8 Å². The number of rotatable bonds is 7.